The minimum Gasteiger partial charge on any atom is -0.396 e. The van der Waals surface area contributed by atoms with E-state index in [0.717, 1.165) is 15.3 Å². The Bertz CT molecular complexity index is 662. The van der Waals surface area contributed by atoms with Crippen LogP contribution < -0.4 is 10.9 Å². The molecule has 2 atom stereocenters. The average molecular weight is 295 g/mol. The van der Waals surface area contributed by atoms with Gasteiger partial charge >= 0.3 is 0 Å². The number of fused-ring (bicyclic) bond motifs is 1. The minimum absolute atomic E-state index is 0.0727. The van der Waals surface area contributed by atoms with E-state index in [1.54, 1.807) is 11.3 Å². The molecule has 2 aromatic heterocycles. The van der Waals surface area contributed by atoms with E-state index in [-0.39, 0.29) is 24.1 Å². The molecule has 0 bridgehead atoms. The molecular formula is C14H21N3O2S. The van der Waals surface area contributed by atoms with Crippen molar-refractivity contribution in [1.82, 2.24) is 15.3 Å². The van der Waals surface area contributed by atoms with Crippen LogP contribution in [0.4, 0.5) is 0 Å². The first-order chi connectivity index (χ1) is 9.43. The Morgan fingerprint density at radius 1 is 1.40 bits per heavy atom. The van der Waals surface area contributed by atoms with Crippen molar-refractivity contribution in [3.8, 4) is 0 Å². The third kappa shape index (κ3) is 2.92. The fourth-order valence-electron chi connectivity index (χ4n) is 2.00. The highest BCUT2D eigenvalue weighted by Crippen LogP contribution is 2.25. The Kier molecular flexibility index (Phi) is 4.57. The molecule has 0 radical (unpaired) electrons. The number of aromatic nitrogens is 2. The van der Waals surface area contributed by atoms with E-state index in [2.05, 4.69) is 15.3 Å². The molecule has 0 amide bonds. The maximum Gasteiger partial charge on any atom is 0.259 e. The maximum absolute atomic E-state index is 12.1. The zero-order valence-electron chi connectivity index (χ0n) is 12.3. The van der Waals surface area contributed by atoms with Crippen LogP contribution in [-0.2, 0) is 6.54 Å². The molecule has 2 heterocycles. The molecule has 0 aliphatic rings. The van der Waals surface area contributed by atoms with Crippen LogP contribution in [0.5, 0.6) is 0 Å². The van der Waals surface area contributed by atoms with Gasteiger partial charge in [0.25, 0.3) is 5.56 Å². The van der Waals surface area contributed by atoms with Crippen LogP contribution in [0.1, 0.15) is 30.1 Å². The molecule has 5 nitrogen and oxygen atoms in total. The van der Waals surface area contributed by atoms with Crippen molar-refractivity contribution in [2.75, 3.05) is 6.61 Å². The molecule has 2 aromatic rings. The molecule has 0 spiro atoms. The summed E-state index contributed by atoms with van der Waals surface area (Å²) in [7, 11) is 0. The number of aryl methyl sites for hydroxylation is 2. The van der Waals surface area contributed by atoms with Gasteiger partial charge in [-0.3, -0.25) is 4.79 Å². The highest BCUT2D eigenvalue weighted by atomic mass is 32.1. The van der Waals surface area contributed by atoms with Gasteiger partial charge in [0.1, 0.15) is 10.7 Å². The number of aliphatic hydroxyl groups is 1. The van der Waals surface area contributed by atoms with Crippen molar-refractivity contribution in [2.45, 2.75) is 40.3 Å². The fraction of sp³-hybridized carbons (Fsp3) is 0.571. The first-order valence-corrected chi connectivity index (χ1v) is 7.58. The lowest BCUT2D eigenvalue weighted by Gasteiger charge is -2.18. The quantitative estimate of drug-likeness (QED) is 0.784. The van der Waals surface area contributed by atoms with Crippen molar-refractivity contribution in [3.63, 3.8) is 0 Å². The average Bonchev–Trinajstić information content (AvgIpc) is 2.70. The Morgan fingerprint density at radius 2 is 2.10 bits per heavy atom. The third-order valence-electron chi connectivity index (χ3n) is 3.82. The van der Waals surface area contributed by atoms with Gasteiger partial charge in [0.05, 0.1) is 11.9 Å². The van der Waals surface area contributed by atoms with E-state index in [4.69, 9.17) is 5.11 Å². The van der Waals surface area contributed by atoms with Crippen molar-refractivity contribution in [2.24, 2.45) is 5.92 Å². The van der Waals surface area contributed by atoms with E-state index >= 15 is 0 Å². The first-order valence-electron chi connectivity index (χ1n) is 6.77. The maximum atomic E-state index is 12.1. The third-order valence-corrected chi connectivity index (χ3v) is 4.92. The predicted molar refractivity (Wildman–Crippen MR) is 82.3 cm³/mol. The number of rotatable bonds is 5. The summed E-state index contributed by atoms with van der Waals surface area (Å²) < 4.78 is 0. The van der Waals surface area contributed by atoms with Gasteiger partial charge in [0, 0.05) is 17.5 Å². The van der Waals surface area contributed by atoms with Crippen LogP contribution in [-0.4, -0.2) is 27.7 Å². The van der Waals surface area contributed by atoms with Gasteiger partial charge in [-0.25, -0.2) is 4.98 Å². The van der Waals surface area contributed by atoms with Gasteiger partial charge in [-0.15, -0.1) is 11.3 Å². The van der Waals surface area contributed by atoms with Crippen molar-refractivity contribution < 1.29 is 5.11 Å². The number of aromatic amines is 1. The molecule has 0 saturated heterocycles. The fourth-order valence-corrected chi connectivity index (χ4v) is 3.05. The van der Waals surface area contributed by atoms with Gasteiger partial charge in [-0.05, 0) is 32.3 Å². The smallest absolute Gasteiger partial charge is 0.259 e. The number of aliphatic hydroxyl groups excluding tert-OH is 1. The summed E-state index contributed by atoms with van der Waals surface area (Å²) in [4.78, 5) is 21.4. The monoisotopic (exact) mass is 295 g/mol. The van der Waals surface area contributed by atoms with Crippen LogP contribution in [0, 0.1) is 19.8 Å². The van der Waals surface area contributed by atoms with Gasteiger partial charge < -0.3 is 15.4 Å². The summed E-state index contributed by atoms with van der Waals surface area (Å²) in [5, 5.41) is 13.1. The van der Waals surface area contributed by atoms with Crippen LogP contribution in [0.2, 0.25) is 0 Å². The molecule has 110 valence electrons. The number of hydrogen-bond donors (Lipinski definition) is 3. The van der Waals surface area contributed by atoms with Crippen molar-refractivity contribution >= 4 is 21.6 Å². The van der Waals surface area contributed by atoms with E-state index in [9.17, 15) is 4.79 Å². The Morgan fingerprint density at radius 3 is 2.75 bits per heavy atom. The number of nitrogens with one attached hydrogen (secondary N) is 2. The normalized spacial score (nSPS) is 14.7. The highest BCUT2D eigenvalue weighted by Gasteiger charge is 2.14. The number of H-pyrrole nitrogens is 1. The van der Waals surface area contributed by atoms with Crippen LogP contribution in [0.3, 0.4) is 0 Å². The Balaban J connectivity index is 2.22. The van der Waals surface area contributed by atoms with E-state index in [1.807, 2.05) is 27.7 Å². The molecule has 2 rings (SSSR count). The van der Waals surface area contributed by atoms with Gasteiger partial charge in [0.15, 0.2) is 0 Å². The van der Waals surface area contributed by atoms with Crippen LogP contribution in [0.15, 0.2) is 4.79 Å². The summed E-state index contributed by atoms with van der Waals surface area (Å²) in [5.74, 6) is 0.803. The lowest BCUT2D eigenvalue weighted by molar-refractivity contribution is 0.206. The van der Waals surface area contributed by atoms with E-state index in [1.165, 1.54) is 0 Å². The zero-order valence-corrected chi connectivity index (χ0v) is 13.1. The topological polar surface area (TPSA) is 78.0 Å². The van der Waals surface area contributed by atoms with E-state index in [0.29, 0.717) is 17.8 Å². The van der Waals surface area contributed by atoms with Crippen molar-refractivity contribution in [3.05, 3.63) is 26.6 Å². The summed E-state index contributed by atoms with van der Waals surface area (Å²) in [5.41, 5.74) is 0.942. The number of hydrogen-bond acceptors (Lipinski definition) is 5. The largest absolute Gasteiger partial charge is 0.396 e. The molecule has 0 saturated carbocycles. The molecule has 6 heteroatoms. The van der Waals surface area contributed by atoms with Crippen LogP contribution in [0.25, 0.3) is 10.2 Å². The van der Waals surface area contributed by atoms with Gasteiger partial charge in [-0.2, -0.15) is 0 Å². The molecule has 2 unspecified atom stereocenters. The second-order valence-corrected chi connectivity index (χ2v) is 6.51. The molecule has 20 heavy (non-hydrogen) atoms. The standard InChI is InChI=1S/C14H21N3O2S/c1-7(6-18)9(3)15-5-11-16-13(19)12-8(2)10(4)20-14(12)17-11/h7,9,15,18H,5-6H2,1-4H3,(H,16,17,19). The second-order valence-electron chi connectivity index (χ2n) is 5.31. The number of thiophene rings is 1. The molecule has 0 aromatic carbocycles. The molecule has 0 aliphatic carbocycles. The SMILES string of the molecule is Cc1sc2nc(CNC(C)C(C)CO)[nH]c(=O)c2c1C. The first kappa shape index (κ1) is 15.2. The lowest BCUT2D eigenvalue weighted by atomic mass is 10.1. The Hall–Kier alpha value is -1.24. The Labute approximate surface area is 122 Å². The van der Waals surface area contributed by atoms with Gasteiger partial charge in [0.2, 0.25) is 0 Å². The molecule has 0 fully saturated rings. The molecule has 0 aliphatic heterocycles. The minimum atomic E-state index is -0.0727. The van der Waals surface area contributed by atoms with E-state index < -0.39 is 0 Å². The summed E-state index contributed by atoms with van der Waals surface area (Å²) in [6, 6.07) is 0.160. The second kappa shape index (κ2) is 6.03. The zero-order chi connectivity index (χ0) is 14.9. The van der Waals surface area contributed by atoms with Gasteiger partial charge in [-0.1, -0.05) is 6.92 Å². The summed E-state index contributed by atoms with van der Waals surface area (Å²) in [6.45, 7) is 8.57. The predicted octanol–water partition coefficient (Wildman–Crippen LogP) is 1.71. The summed E-state index contributed by atoms with van der Waals surface area (Å²) in [6.07, 6.45) is 0. The molecular weight excluding hydrogens is 274 g/mol. The highest BCUT2D eigenvalue weighted by molar-refractivity contribution is 7.18. The molecule has 3 N–H and O–H groups in total. The lowest BCUT2D eigenvalue weighted by Crippen LogP contribution is -2.34. The van der Waals surface area contributed by atoms with Crippen LogP contribution >= 0.6 is 11.3 Å². The summed E-state index contributed by atoms with van der Waals surface area (Å²) >= 11 is 1.55. The van der Waals surface area contributed by atoms with Crippen molar-refractivity contribution in [1.29, 1.82) is 0 Å². The number of nitrogens with zero attached hydrogens (tertiary/aromatic N) is 1.